The molecule has 2 N–H and O–H groups in total. The number of nitrogens with one attached hydrogen (secondary N) is 2. The molecule has 1 aliphatic carbocycles. The minimum atomic E-state index is -0.472. The highest BCUT2D eigenvalue weighted by molar-refractivity contribution is 5.96. The maximum absolute atomic E-state index is 12.3. The van der Waals surface area contributed by atoms with Crippen molar-refractivity contribution in [1.82, 2.24) is 5.32 Å². The summed E-state index contributed by atoms with van der Waals surface area (Å²) in [5, 5.41) is 16.7. The van der Waals surface area contributed by atoms with Gasteiger partial charge in [-0.25, -0.2) is 0 Å². The van der Waals surface area contributed by atoms with Crippen LogP contribution in [0.15, 0.2) is 18.2 Å². The predicted octanol–water partition coefficient (Wildman–Crippen LogP) is 2.80. The summed E-state index contributed by atoms with van der Waals surface area (Å²) in [6.45, 7) is 8.47. The summed E-state index contributed by atoms with van der Waals surface area (Å²) in [7, 11) is 1.59. The number of carbonyl (C=O) groups is 1. The molecule has 0 aromatic heterocycles. The van der Waals surface area contributed by atoms with E-state index in [0.29, 0.717) is 11.3 Å². The quantitative estimate of drug-likeness (QED) is 0.660. The van der Waals surface area contributed by atoms with E-state index in [1.807, 2.05) is 0 Å². The van der Waals surface area contributed by atoms with Crippen molar-refractivity contribution in [2.24, 2.45) is 10.8 Å². The summed E-state index contributed by atoms with van der Waals surface area (Å²) in [6, 6.07) is 4.45. The Morgan fingerprint density at radius 2 is 1.81 bits per heavy atom. The van der Waals surface area contributed by atoms with Crippen molar-refractivity contribution in [3.8, 4) is 0 Å². The molecule has 21 heavy (non-hydrogen) atoms. The maximum atomic E-state index is 12.3. The first-order chi connectivity index (χ1) is 9.62. The van der Waals surface area contributed by atoms with Crippen LogP contribution in [0.1, 0.15) is 38.1 Å². The number of nitro benzene ring substituents is 1. The molecule has 6 nitrogen and oxygen atoms in total. The van der Waals surface area contributed by atoms with E-state index in [2.05, 4.69) is 38.3 Å². The molecule has 6 heteroatoms. The van der Waals surface area contributed by atoms with Crippen LogP contribution in [0.3, 0.4) is 0 Å². The van der Waals surface area contributed by atoms with Gasteiger partial charge in [-0.3, -0.25) is 14.9 Å². The second-order valence-corrected chi connectivity index (χ2v) is 6.59. The van der Waals surface area contributed by atoms with Crippen LogP contribution in [-0.4, -0.2) is 23.9 Å². The Balaban J connectivity index is 2.20. The van der Waals surface area contributed by atoms with Crippen molar-refractivity contribution in [2.45, 2.75) is 33.7 Å². The van der Waals surface area contributed by atoms with Crippen LogP contribution in [0.4, 0.5) is 11.4 Å². The Morgan fingerprint density at radius 1 is 1.24 bits per heavy atom. The summed E-state index contributed by atoms with van der Waals surface area (Å²) in [5.41, 5.74) is 0.816. The van der Waals surface area contributed by atoms with Gasteiger partial charge in [0.25, 0.3) is 11.6 Å². The molecule has 1 aliphatic rings. The second kappa shape index (κ2) is 4.72. The Labute approximate surface area is 124 Å². The number of rotatable bonds is 4. The summed E-state index contributed by atoms with van der Waals surface area (Å²) in [4.78, 5) is 22.7. The number of hydrogen-bond donors (Lipinski definition) is 2. The molecule has 2 rings (SSSR count). The number of carbonyl (C=O) groups excluding carboxylic acids is 1. The van der Waals surface area contributed by atoms with Crippen LogP contribution in [0, 0.1) is 20.9 Å². The van der Waals surface area contributed by atoms with Crippen LogP contribution in [0.2, 0.25) is 0 Å². The summed E-state index contributed by atoms with van der Waals surface area (Å²) < 4.78 is 0. The Bertz CT molecular complexity index is 594. The van der Waals surface area contributed by atoms with Crippen molar-refractivity contribution in [3.05, 3.63) is 33.9 Å². The van der Waals surface area contributed by atoms with Gasteiger partial charge in [0.05, 0.1) is 4.92 Å². The smallest absolute Gasteiger partial charge is 0.292 e. The van der Waals surface area contributed by atoms with Crippen molar-refractivity contribution < 1.29 is 9.72 Å². The Kier molecular flexibility index (Phi) is 3.43. The van der Waals surface area contributed by atoms with Crippen LogP contribution < -0.4 is 10.6 Å². The highest BCUT2D eigenvalue weighted by Crippen LogP contribution is 2.62. The average molecular weight is 291 g/mol. The first-order valence-corrected chi connectivity index (χ1v) is 6.90. The predicted molar refractivity (Wildman–Crippen MR) is 81.5 cm³/mol. The van der Waals surface area contributed by atoms with E-state index in [9.17, 15) is 14.9 Å². The number of nitro groups is 1. The lowest BCUT2D eigenvalue weighted by Gasteiger charge is -2.09. The van der Waals surface area contributed by atoms with Gasteiger partial charge in [0.1, 0.15) is 5.69 Å². The van der Waals surface area contributed by atoms with Gasteiger partial charge in [-0.15, -0.1) is 0 Å². The van der Waals surface area contributed by atoms with Gasteiger partial charge in [0, 0.05) is 24.7 Å². The van der Waals surface area contributed by atoms with Gasteiger partial charge >= 0.3 is 0 Å². The van der Waals surface area contributed by atoms with Gasteiger partial charge in [-0.1, -0.05) is 27.7 Å². The fourth-order valence-electron chi connectivity index (χ4n) is 2.81. The Hall–Kier alpha value is -2.11. The van der Waals surface area contributed by atoms with E-state index in [4.69, 9.17) is 0 Å². The summed E-state index contributed by atoms with van der Waals surface area (Å²) in [5.74, 6) is -0.204. The lowest BCUT2D eigenvalue weighted by molar-refractivity contribution is -0.383. The van der Waals surface area contributed by atoms with Gasteiger partial charge in [-0.2, -0.15) is 0 Å². The third-order valence-electron chi connectivity index (χ3n) is 5.02. The van der Waals surface area contributed by atoms with E-state index < -0.39 is 4.92 Å². The molecule has 0 saturated heterocycles. The third-order valence-corrected chi connectivity index (χ3v) is 5.02. The lowest BCUT2D eigenvalue weighted by Crippen LogP contribution is -2.29. The molecule has 1 aromatic rings. The second-order valence-electron chi connectivity index (χ2n) is 6.59. The summed E-state index contributed by atoms with van der Waals surface area (Å²) in [6.07, 6.45) is 0. The molecule has 0 bridgehead atoms. The van der Waals surface area contributed by atoms with Crippen molar-refractivity contribution in [1.29, 1.82) is 0 Å². The van der Waals surface area contributed by atoms with Crippen molar-refractivity contribution in [3.63, 3.8) is 0 Å². The van der Waals surface area contributed by atoms with E-state index >= 15 is 0 Å². The number of nitrogens with zero attached hydrogens (tertiary/aromatic N) is 1. The lowest BCUT2D eigenvalue weighted by atomic mass is 10.0. The fraction of sp³-hybridized carbons (Fsp3) is 0.533. The van der Waals surface area contributed by atoms with E-state index in [1.54, 1.807) is 7.05 Å². The normalized spacial score (nSPS) is 18.9. The van der Waals surface area contributed by atoms with Crippen LogP contribution in [0.5, 0.6) is 0 Å². The highest BCUT2D eigenvalue weighted by Gasteiger charge is 2.65. The molecule has 0 spiro atoms. The zero-order valence-corrected chi connectivity index (χ0v) is 13.0. The topological polar surface area (TPSA) is 84.3 Å². The number of benzene rings is 1. The van der Waals surface area contributed by atoms with Gasteiger partial charge < -0.3 is 10.6 Å². The molecule has 0 aliphatic heterocycles. The van der Waals surface area contributed by atoms with Crippen molar-refractivity contribution >= 4 is 17.3 Å². The molecule has 0 unspecified atom stereocenters. The van der Waals surface area contributed by atoms with E-state index in [0.717, 1.165) is 0 Å². The number of hydrogen-bond acceptors (Lipinski definition) is 4. The van der Waals surface area contributed by atoms with Crippen LogP contribution in [0.25, 0.3) is 0 Å². The largest absolute Gasteiger partial charge is 0.383 e. The van der Waals surface area contributed by atoms with Crippen molar-refractivity contribution in [2.75, 3.05) is 12.4 Å². The van der Waals surface area contributed by atoms with Gasteiger partial charge in [-0.05, 0) is 23.0 Å². The first-order valence-electron chi connectivity index (χ1n) is 6.90. The minimum absolute atomic E-state index is 0.0406. The maximum Gasteiger partial charge on any atom is 0.292 e. The molecule has 0 radical (unpaired) electrons. The molecule has 0 atom stereocenters. The average Bonchev–Trinajstić information content (AvgIpc) is 2.80. The van der Waals surface area contributed by atoms with E-state index in [-0.39, 0.29) is 28.5 Å². The third kappa shape index (κ3) is 2.34. The van der Waals surface area contributed by atoms with E-state index in [1.165, 1.54) is 18.2 Å². The highest BCUT2D eigenvalue weighted by atomic mass is 16.6. The molecule has 1 aromatic carbocycles. The van der Waals surface area contributed by atoms with Gasteiger partial charge in [0.2, 0.25) is 0 Å². The summed E-state index contributed by atoms with van der Waals surface area (Å²) >= 11 is 0. The monoisotopic (exact) mass is 291 g/mol. The first kappa shape index (κ1) is 15.3. The standard InChI is InChI=1S/C15H21N3O3/c1-14(2)13(15(14,3)4)17-12(19)9-6-7-11(18(20)21)10(8-9)16-5/h6-8,13,16H,1-5H3,(H,17,19). The molecule has 114 valence electrons. The van der Waals surface area contributed by atoms with Crippen LogP contribution >= 0.6 is 0 Å². The molecular formula is C15H21N3O3. The molecule has 1 saturated carbocycles. The molecule has 1 fully saturated rings. The zero-order valence-electron chi connectivity index (χ0n) is 13.0. The number of amides is 1. The molecule has 1 amide bonds. The number of anilines is 1. The zero-order chi connectivity index (χ0) is 16.0. The molecular weight excluding hydrogens is 270 g/mol. The minimum Gasteiger partial charge on any atom is -0.383 e. The van der Waals surface area contributed by atoms with Crippen LogP contribution in [-0.2, 0) is 0 Å². The SMILES string of the molecule is CNc1cc(C(=O)NC2C(C)(C)C2(C)C)ccc1[N+](=O)[O-]. The fourth-order valence-corrected chi connectivity index (χ4v) is 2.81. The Morgan fingerprint density at radius 3 is 2.24 bits per heavy atom. The molecule has 0 heterocycles. The van der Waals surface area contributed by atoms with Gasteiger partial charge in [0.15, 0.2) is 0 Å².